The number of sulfonamides is 1. The van der Waals surface area contributed by atoms with Crippen molar-refractivity contribution in [3.8, 4) is 0 Å². The van der Waals surface area contributed by atoms with Gasteiger partial charge in [0.1, 0.15) is 12.6 Å². The Morgan fingerprint density at radius 1 is 1.15 bits per heavy atom. The highest BCUT2D eigenvalue weighted by molar-refractivity contribution is 9.10. The summed E-state index contributed by atoms with van der Waals surface area (Å²) >= 11 is 9.75. The fourth-order valence-electron chi connectivity index (χ4n) is 3.49. The molecule has 0 aliphatic heterocycles. The number of hydrogen-bond donors (Lipinski definition) is 1. The number of nitrogens with zero attached hydrogens (tertiary/aromatic N) is 2. The zero-order valence-electron chi connectivity index (χ0n) is 19.8. The van der Waals surface area contributed by atoms with Gasteiger partial charge in [-0.2, -0.15) is 0 Å². The summed E-state index contributed by atoms with van der Waals surface area (Å²) in [5.74, 6) is -0.778. The molecule has 0 fully saturated rings. The molecule has 0 spiro atoms. The highest BCUT2D eigenvalue weighted by Crippen LogP contribution is 2.26. The molecule has 2 amide bonds. The third-order valence-electron chi connectivity index (χ3n) is 5.34. The number of halogens is 2. The van der Waals surface area contributed by atoms with Crippen molar-refractivity contribution in [3.63, 3.8) is 0 Å². The predicted molar refractivity (Wildman–Crippen MR) is 140 cm³/mol. The van der Waals surface area contributed by atoms with Crippen molar-refractivity contribution in [2.45, 2.75) is 46.2 Å². The number of benzene rings is 2. The summed E-state index contributed by atoms with van der Waals surface area (Å²) in [4.78, 5) is 27.9. The third kappa shape index (κ3) is 7.45. The van der Waals surface area contributed by atoms with E-state index in [4.69, 9.17) is 11.6 Å². The normalized spacial score (nSPS) is 12.2. The van der Waals surface area contributed by atoms with E-state index in [1.807, 2.05) is 20.8 Å². The molecule has 0 saturated heterocycles. The first kappa shape index (κ1) is 28.1. The van der Waals surface area contributed by atoms with Crippen LogP contribution in [0.3, 0.4) is 0 Å². The van der Waals surface area contributed by atoms with E-state index in [-0.39, 0.29) is 12.5 Å². The van der Waals surface area contributed by atoms with Crippen LogP contribution >= 0.6 is 27.5 Å². The Labute approximate surface area is 215 Å². The van der Waals surface area contributed by atoms with E-state index in [0.29, 0.717) is 29.2 Å². The van der Waals surface area contributed by atoms with E-state index in [0.717, 1.165) is 27.0 Å². The number of rotatable bonds is 11. The quantitative estimate of drug-likeness (QED) is 0.429. The molecule has 0 aromatic heterocycles. The maximum atomic E-state index is 13.6. The molecule has 10 heteroatoms. The largest absolute Gasteiger partial charge is 0.354 e. The molecule has 0 heterocycles. The summed E-state index contributed by atoms with van der Waals surface area (Å²) < 4.78 is 27.2. The molecule has 0 saturated carbocycles. The summed E-state index contributed by atoms with van der Waals surface area (Å²) in [5.41, 5.74) is 1.87. The van der Waals surface area contributed by atoms with Crippen molar-refractivity contribution in [1.29, 1.82) is 0 Å². The summed E-state index contributed by atoms with van der Waals surface area (Å²) in [6.45, 7) is 5.71. The van der Waals surface area contributed by atoms with Gasteiger partial charge in [0.05, 0.1) is 11.9 Å². The van der Waals surface area contributed by atoms with Gasteiger partial charge in [-0.1, -0.05) is 59.6 Å². The van der Waals surface area contributed by atoms with Gasteiger partial charge in [-0.3, -0.25) is 13.9 Å². The van der Waals surface area contributed by atoms with Gasteiger partial charge < -0.3 is 10.2 Å². The molecule has 1 atom stereocenters. The minimum absolute atomic E-state index is 0.0769. The fraction of sp³-hybridized carbons (Fsp3) is 0.417. The number of hydrogen-bond acceptors (Lipinski definition) is 4. The predicted octanol–water partition coefficient (Wildman–Crippen LogP) is 4.51. The van der Waals surface area contributed by atoms with Crippen LogP contribution in [-0.4, -0.2) is 50.5 Å². The van der Waals surface area contributed by atoms with Crippen molar-refractivity contribution < 1.29 is 18.0 Å². The molecular formula is C24H31BrClN3O4S. The van der Waals surface area contributed by atoms with E-state index in [2.05, 4.69) is 21.2 Å². The van der Waals surface area contributed by atoms with Gasteiger partial charge >= 0.3 is 0 Å². The maximum absolute atomic E-state index is 13.6. The zero-order chi connectivity index (χ0) is 25.5. The number of anilines is 1. The average molecular weight is 573 g/mol. The molecule has 0 aliphatic rings. The lowest BCUT2D eigenvalue weighted by Crippen LogP contribution is -2.52. The SMILES string of the molecule is CCCNC(=O)C(CC)N(Cc1ccccc1Cl)C(=O)CN(c1ccc(Br)c(C)c1)S(C)(=O)=O. The lowest BCUT2D eigenvalue weighted by atomic mass is 10.1. The van der Waals surface area contributed by atoms with Crippen molar-refractivity contribution in [3.05, 3.63) is 63.1 Å². The molecule has 7 nitrogen and oxygen atoms in total. The second-order valence-electron chi connectivity index (χ2n) is 8.03. The summed E-state index contributed by atoms with van der Waals surface area (Å²) in [5, 5.41) is 3.31. The molecule has 34 heavy (non-hydrogen) atoms. The Morgan fingerprint density at radius 2 is 1.82 bits per heavy atom. The van der Waals surface area contributed by atoms with Crippen LogP contribution in [0.15, 0.2) is 46.9 Å². The number of carbonyl (C=O) groups is 2. The van der Waals surface area contributed by atoms with E-state index in [9.17, 15) is 18.0 Å². The van der Waals surface area contributed by atoms with Gasteiger partial charge in [0.25, 0.3) is 0 Å². The Kier molecular flexibility index (Phi) is 10.4. The lowest BCUT2D eigenvalue weighted by Gasteiger charge is -2.33. The van der Waals surface area contributed by atoms with Crippen molar-refractivity contribution in [1.82, 2.24) is 10.2 Å². The van der Waals surface area contributed by atoms with Crippen LogP contribution in [0.2, 0.25) is 5.02 Å². The molecule has 0 bridgehead atoms. The molecule has 1 N–H and O–H groups in total. The average Bonchev–Trinajstić information content (AvgIpc) is 2.78. The second kappa shape index (κ2) is 12.6. The first-order valence-corrected chi connectivity index (χ1v) is 14.1. The van der Waals surface area contributed by atoms with Gasteiger partial charge in [0, 0.05) is 22.6 Å². The maximum Gasteiger partial charge on any atom is 0.244 e. The fourth-order valence-corrected chi connectivity index (χ4v) is 4.78. The van der Waals surface area contributed by atoms with Crippen LogP contribution in [0, 0.1) is 6.92 Å². The molecule has 2 aromatic carbocycles. The number of aryl methyl sites for hydroxylation is 1. The first-order valence-electron chi connectivity index (χ1n) is 11.0. The Balaban J connectivity index is 2.46. The van der Waals surface area contributed by atoms with Crippen LogP contribution in [0.1, 0.15) is 37.8 Å². The van der Waals surface area contributed by atoms with Gasteiger partial charge in [0.15, 0.2) is 0 Å². The summed E-state index contributed by atoms with van der Waals surface area (Å²) in [6.07, 6.45) is 2.18. The zero-order valence-corrected chi connectivity index (χ0v) is 23.0. The Morgan fingerprint density at radius 3 is 2.38 bits per heavy atom. The minimum atomic E-state index is -3.78. The topological polar surface area (TPSA) is 86.8 Å². The van der Waals surface area contributed by atoms with Crippen LogP contribution in [0.25, 0.3) is 0 Å². The molecule has 1 unspecified atom stereocenters. The standard InChI is InChI=1S/C24H31BrClN3O4S/c1-5-13-27-24(31)22(6-2)28(15-18-9-7-8-10-21(18)26)23(30)16-29(34(4,32)33)19-11-12-20(25)17(3)14-19/h7-12,14,22H,5-6,13,15-16H2,1-4H3,(H,27,31). The van der Waals surface area contributed by atoms with Crippen molar-refractivity contribution in [2.75, 3.05) is 23.7 Å². The Hall–Kier alpha value is -2.10. The van der Waals surface area contributed by atoms with E-state index < -0.39 is 28.5 Å². The van der Waals surface area contributed by atoms with Crippen LogP contribution in [0.4, 0.5) is 5.69 Å². The Bertz CT molecular complexity index is 1130. The van der Waals surface area contributed by atoms with E-state index >= 15 is 0 Å². The third-order valence-corrected chi connectivity index (χ3v) is 7.74. The first-order chi connectivity index (χ1) is 16.0. The number of carbonyl (C=O) groups excluding carboxylic acids is 2. The number of nitrogens with one attached hydrogen (secondary N) is 1. The second-order valence-corrected chi connectivity index (χ2v) is 11.2. The molecule has 2 rings (SSSR count). The van der Waals surface area contributed by atoms with E-state index in [1.54, 1.807) is 42.5 Å². The highest BCUT2D eigenvalue weighted by atomic mass is 79.9. The molecule has 186 valence electrons. The van der Waals surface area contributed by atoms with Gasteiger partial charge in [-0.15, -0.1) is 0 Å². The molecule has 0 radical (unpaired) electrons. The molecule has 2 aromatic rings. The molecule has 0 aliphatic carbocycles. The highest BCUT2D eigenvalue weighted by Gasteiger charge is 2.32. The van der Waals surface area contributed by atoms with Crippen LogP contribution in [0.5, 0.6) is 0 Å². The van der Waals surface area contributed by atoms with Crippen LogP contribution < -0.4 is 9.62 Å². The molecular weight excluding hydrogens is 542 g/mol. The minimum Gasteiger partial charge on any atom is -0.354 e. The van der Waals surface area contributed by atoms with Gasteiger partial charge in [-0.05, 0) is 55.2 Å². The monoisotopic (exact) mass is 571 g/mol. The number of amides is 2. The van der Waals surface area contributed by atoms with Crippen molar-refractivity contribution in [2.24, 2.45) is 0 Å². The summed E-state index contributed by atoms with van der Waals surface area (Å²) in [6, 6.07) is 11.4. The summed E-state index contributed by atoms with van der Waals surface area (Å²) in [7, 11) is -3.78. The van der Waals surface area contributed by atoms with Gasteiger partial charge in [-0.25, -0.2) is 8.42 Å². The smallest absolute Gasteiger partial charge is 0.244 e. The lowest BCUT2D eigenvalue weighted by molar-refractivity contribution is -0.140. The van der Waals surface area contributed by atoms with Crippen molar-refractivity contribution >= 4 is 55.1 Å². The van der Waals surface area contributed by atoms with Crippen LogP contribution in [-0.2, 0) is 26.2 Å². The van der Waals surface area contributed by atoms with Gasteiger partial charge in [0.2, 0.25) is 21.8 Å². The van der Waals surface area contributed by atoms with E-state index in [1.165, 1.54) is 4.90 Å².